The van der Waals surface area contributed by atoms with Crippen molar-refractivity contribution in [3.8, 4) is 0 Å². The van der Waals surface area contributed by atoms with Crippen molar-refractivity contribution >= 4 is 27.7 Å². The van der Waals surface area contributed by atoms with Crippen LogP contribution in [0.4, 0.5) is 0 Å². The molecule has 1 saturated carbocycles. The summed E-state index contributed by atoms with van der Waals surface area (Å²) in [5.74, 6) is -1.71. The standard InChI is InChI=1S/C36H56N6O8S/c1-2-17-51(48,49)39-24-30(43)22-33(44)31(19-27-11-7-4-8-12-27)40-36(47)32(21-29-23-37-25-38-29)41-35(46)28(18-26-9-5-3-6-10-26)20-34(45)42-13-15-50-16-14-42/h3,5-6,9-10,23,25,27-28,30-33,39,43-44H,2,4,7-8,11-22,24H2,1H3,(H,37,38)(H,40,47)(H,41,46)/t28?,30-,31-,32-,33-/m0/s1. The van der Waals surface area contributed by atoms with Crippen molar-refractivity contribution in [1.82, 2.24) is 30.2 Å². The number of imidazole rings is 1. The van der Waals surface area contributed by atoms with Gasteiger partial charge >= 0.3 is 0 Å². The van der Waals surface area contributed by atoms with Gasteiger partial charge in [-0.2, -0.15) is 0 Å². The summed E-state index contributed by atoms with van der Waals surface area (Å²) in [6, 6.07) is 7.58. The van der Waals surface area contributed by atoms with E-state index in [1.165, 1.54) is 6.33 Å². The first-order chi connectivity index (χ1) is 24.5. The van der Waals surface area contributed by atoms with Crippen LogP contribution in [0.5, 0.6) is 0 Å². The van der Waals surface area contributed by atoms with Crippen molar-refractivity contribution in [2.45, 2.75) is 102 Å². The molecule has 284 valence electrons. The Labute approximate surface area is 301 Å². The maximum Gasteiger partial charge on any atom is 0.243 e. The number of carbonyl (C=O) groups excluding carboxylic acids is 3. The molecule has 5 atom stereocenters. The topological polar surface area (TPSA) is 203 Å². The summed E-state index contributed by atoms with van der Waals surface area (Å²) in [7, 11) is -3.55. The highest BCUT2D eigenvalue weighted by Gasteiger charge is 2.33. The van der Waals surface area contributed by atoms with Crippen LogP contribution in [-0.4, -0.2) is 114 Å². The fourth-order valence-electron chi connectivity index (χ4n) is 6.89. The average molecular weight is 733 g/mol. The van der Waals surface area contributed by atoms with Gasteiger partial charge in [-0.1, -0.05) is 69.4 Å². The minimum absolute atomic E-state index is 0.0413. The lowest BCUT2D eigenvalue weighted by molar-refractivity contribution is -0.140. The van der Waals surface area contributed by atoms with E-state index in [0.717, 1.165) is 37.7 Å². The van der Waals surface area contributed by atoms with Crippen molar-refractivity contribution in [2.24, 2.45) is 11.8 Å². The monoisotopic (exact) mass is 732 g/mol. The Morgan fingerprint density at radius 3 is 2.41 bits per heavy atom. The number of hydrogen-bond donors (Lipinski definition) is 6. The van der Waals surface area contributed by atoms with Gasteiger partial charge in [0.25, 0.3) is 0 Å². The number of benzene rings is 1. The number of sulfonamides is 1. The number of H-pyrrole nitrogens is 1. The van der Waals surface area contributed by atoms with Crippen molar-refractivity contribution < 1.29 is 37.8 Å². The molecule has 14 nitrogen and oxygen atoms in total. The Balaban J connectivity index is 1.50. The van der Waals surface area contributed by atoms with Gasteiger partial charge in [0, 0.05) is 45.1 Å². The summed E-state index contributed by atoms with van der Waals surface area (Å²) < 4.78 is 32.1. The number of morpholine rings is 1. The highest BCUT2D eigenvalue weighted by atomic mass is 32.2. The molecule has 4 rings (SSSR count). The third-order valence-electron chi connectivity index (χ3n) is 9.71. The second kappa shape index (κ2) is 20.6. The molecule has 1 unspecified atom stereocenters. The van der Waals surface area contributed by atoms with E-state index in [0.29, 0.717) is 51.3 Å². The highest BCUT2D eigenvalue weighted by Crippen LogP contribution is 2.29. The molecule has 15 heteroatoms. The Morgan fingerprint density at radius 2 is 1.75 bits per heavy atom. The van der Waals surface area contributed by atoms with E-state index in [-0.39, 0.29) is 43.4 Å². The van der Waals surface area contributed by atoms with Crippen molar-refractivity contribution in [2.75, 3.05) is 38.6 Å². The largest absolute Gasteiger partial charge is 0.392 e. The van der Waals surface area contributed by atoms with Crippen LogP contribution in [0.15, 0.2) is 42.9 Å². The number of carbonyl (C=O) groups is 3. The molecule has 1 aliphatic heterocycles. The molecule has 2 heterocycles. The molecular formula is C36H56N6O8S. The van der Waals surface area contributed by atoms with E-state index in [1.54, 1.807) is 18.0 Å². The molecule has 0 spiro atoms. The van der Waals surface area contributed by atoms with E-state index in [9.17, 15) is 33.0 Å². The first kappa shape index (κ1) is 40.4. The minimum atomic E-state index is -3.55. The summed E-state index contributed by atoms with van der Waals surface area (Å²) >= 11 is 0. The van der Waals surface area contributed by atoms with Gasteiger partial charge in [-0.05, 0) is 30.7 Å². The smallest absolute Gasteiger partial charge is 0.243 e. The minimum Gasteiger partial charge on any atom is -0.392 e. The number of rotatable bonds is 20. The quantitative estimate of drug-likeness (QED) is 0.117. The summed E-state index contributed by atoms with van der Waals surface area (Å²) in [6.07, 6.45) is 6.93. The Morgan fingerprint density at radius 1 is 1.02 bits per heavy atom. The van der Waals surface area contributed by atoms with Crippen LogP contribution in [0.3, 0.4) is 0 Å². The van der Waals surface area contributed by atoms with E-state index in [2.05, 4.69) is 25.3 Å². The average Bonchev–Trinajstić information content (AvgIpc) is 3.64. The van der Waals surface area contributed by atoms with Crippen LogP contribution in [0, 0.1) is 11.8 Å². The number of nitrogens with zero attached hydrogens (tertiary/aromatic N) is 2. The summed E-state index contributed by atoms with van der Waals surface area (Å²) in [6.45, 7) is 3.26. The molecule has 2 fully saturated rings. The predicted molar refractivity (Wildman–Crippen MR) is 192 cm³/mol. The molecule has 2 aliphatic rings. The lowest BCUT2D eigenvalue weighted by Crippen LogP contribution is -2.55. The summed E-state index contributed by atoms with van der Waals surface area (Å²) in [5.41, 5.74) is 1.42. The van der Waals surface area contributed by atoms with E-state index >= 15 is 0 Å². The van der Waals surface area contributed by atoms with Crippen LogP contribution in [0.2, 0.25) is 0 Å². The molecule has 3 amide bonds. The zero-order valence-electron chi connectivity index (χ0n) is 29.7. The van der Waals surface area contributed by atoms with Gasteiger partial charge in [-0.25, -0.2) is 18.1 Å². The predicted octanol–water partition coefficient (Wildman–Crippen LogP) is 1.44. The molecule has 0 radical (unpaired) electrons. The Hall–Kier alpha value is -3.37. The van der Waals surface area contributed by atoms with Crippen LogP contribution in [0.1, 0.15) is 76.0 Å². The van der Waals surface area contributed by atoms with E-state index in [4.69, 9.17) is 4.74 Å². The van der Waals surface area contributed by atoms with Gasteiger partial charge in [-0.3, -0.25) is 14.4 Å². The van der Waals surface area contributed by atoms with Crippen LogP contribution < -0.4 is 15.4 Å². The van der Waals surface area contributed by atoms with Gasteiger partial charge in [0.1, 0.15) is 6.04 Å². The SMILES string of the molecule is CCCS(=O)(=O)NC[C@@H](O)C[C@H](O)[C@H](CC1CCCCC1)NC(=O)[C@H](Cc1c[nH]cn1)NC(=O)C(CC(=O)N1CCOCC1)Cc1ccccc1. The van der Waals surface area contributed by atoms with Gasteiger partial charge < -0.3 is 35.5 Å². The highest BCUT2D eigenvalue weighted by molar-refractivity contribution is 7.89. The van der Waals surface area contributed by atoms with Crippen molar-refractivity contribution in [3.05, 3.63) is 54.1 Å². The lowest BCUT2D eigenvalue weighted by Gasteiger charge is -2.32. The Kier molecular flexibility index (Phi) is 16.3. The van der Waals surface area contributed by atoms with E-state index in [1.807, 2.05) is 30.3 Å². The second-order valence-electron chi connectivity index (χ2n) is 13.9. The number of aliphatic hydroxyl groups excluding tert-OH is 2. The molecule has 1 aromatic heterocycles. The fraction of sp³-hybridized carbons (Fsp3) is 0.667. The molecule has 2 aromatic rings. The molecule has 1 aliphatic carbocycles. The molecule has 1 saturated heterocycles. The number of aliphatic hydroxyl groups is 2. The molecule has 1 aromatic carbocycles. The molecular weight excluding hydrogens is 676 g/mol. The van der Waals surface area contributed by atoms with Crippen LogP contribution in [-0.2, 0) is 42.0 Å². The van der Waals surface area contributed by atoms with Crippen molar-refractivity contribution in [1.29, 1.82) is 0 Å². The second-order valence-corrected chi connectivity index (χ2v) is 15.8. The number of hydrogen-bond acceptors (Lipinski definition) is 9. The third-order valence-corrected chi connectivity index (χ3v) is 11.3. The fourth-order valence-corrected chi connectivity index (χ4v) is 8.02. The third kappa shape index (κ3) is 13.9. The number of aromatic nitrogens is 2. The lowest BCUT2D eigenvalue weighted by atomic mass is 9.83. The van der Waals surface area contributed by atoms with Crippen molar-refractivity contribution in [3.63, 3.8) is 0 Å². The molecule has 51 heavy (non-hydrogen) atoms. The number of ether oxygens (including phenoxy) is 1. The van der Waals surface area contributed by atoms with Gasteiger partial charge in [-0.15, -0.1) is 0 Å². The number of aromatic amines is 1. The zero-order valence-corrected chi connectivity index (χ0v) is 30.5. The molecule has 6 N–H and O–H groups in total. The van der Waals surface area contributed by atoms with Gasteiger partial charge in [0.05, 0.1) is 55.2 Å². The van der Waals surface area contributed by atoms with Gasteiger partial charge in [0.15, 0.2) is 0 Å². The first-order valence-electron chi connectivity index (χ1n) is 18.3. The maximum atomic E-state index is 14.1. The van der Waals surface area contributed by atoms with Crippen LogP contribution in [0.25, 0.3) is 0 Å². The maximum absolute atomic E-state index is 14.1. The Bertz CT molecular complexity index is 1450. The first-order valence-corrected chi connectivity index (χ1v) is 20.0. The summed E-state index contributed by atoms with van der Waals surface area (Å²) in [5, 5.41) is 28.0. The molecule has 0 bridgehead atoms. The van der Waals surface area contributed by atoms with E-state index < -0.39 is 52.0 Å². The number of amides is 3. The van der Waals surface area contributed by atoms with Gasteiger partial charge in [0.2, 0.25) is 27.7 Å². The van der Waals surface area contributed by atoms with Crippen LogP contribution >= 0.6 is 0 Å². The number of nitrogens with one attached hydrogen (secondary N) is 4. The normalized spacial score (nSPS) is 18.7. The zero-order chi connectivity index (χ0) is 36.6. The summed E-state index contributed by atoms with van der Waals surface area (Å²) in [4.78, 5) is 50.3.